The Kier molecular flexibility index (Phi) is 5.95. The zero-order valence-electron chi connectivity index (χ0n) is 12.7. The lowest BCUT2D eigenvalue weighted by Crippen LogP contribution is -2.43. The van der Waals surface area contributed by atoms with E-state index in [2.05, 4.69) is 36.0 Å². The van der Waals surface area contributed by atoms with Gasteiger partial charge < -0.3 is 10.5 Å². The average molecular weight is 277 g/mol. The van der Waals surface area contributed by atoms with Crippen LogP contribution >= 0.6 is 0 Å². The van der Waals surface area contributed by atoms with Crippen LogP contribution in [0.1, 0.15) is 44.2 Å². The highest BCUT2D eigenvalue weighted by molar-refractivity contribution is 5.17. The summed E-state index contributed by atoms with van der Waals surface area (Å²) in [7, 11) is 2.15. The number of nitrogens with zero attached hydrogens (tertiary/aromatic N) is 2. The quantitative estimate of drug-likeness (QED) is 0.867. The lowest BCUT2D eigenvalue weighted by Gasteiger charge is -2.36. The molecule has 3 atom stereocenters. The van der Waals surface area contributed by atoms with Gasteiger partial charge in [0.15, 0.2) is 0 Å². The lowest BCUT2D eigenvalue weighted by molar-refractivity contribution is -0.0104. The van der Waals surface area contributed by atoms with Gasteiger partial charge in [-0.25, -0.2) is 0 Å². The van der Waals surface area contributed by atoms with Crippen LogP contribution in [-0.2, 0) is 4.74 Å². The van der Waals surface area contributed by atoms with Gasteiger partial charge >= 0.3 is 0 Å². The Morgan fingerprint density at radius 2 is 2.15 bits per heavy atom. The summed E-state index contributed by atoms with van der Waals surface area (Å²) in [6.45, 7) is 3.99. The molecular formula is C16H27N3O. The second kappa shape index (κ2) is 7.72. The van der Waals surface area contributed by atoms with Crippen LogP contribution in [0.4, 0.5) is 0 Å². The van der Waals surface area contributed by atoms with Crippen LogP contribution in [0.25, 0.3) is 0 Å². The summed E-state index contributed by atoms with van der Waals surface area (Å²) in [6.07, 6.45) is 8.63. The first-order valence-electron chi connectivity index (χ1n) is 7.69. The molecule has 112 valence electrons. The van der Waals surface area contributed by atoms with Gasteiger partial charge in [-0.2, -0.15) is 0 Å². The summed E-state index contributed by atoms with van der Waals surface area (Å²) < 4.78 is 5.85. The number of nitrogens with two attached hydrogens (primary N) is 1. The molecule has 2 rings (SSSR count). The van der Waals surface area contributed by atoms with E-state index >= 15 is 0 Å². The van der Waals surface area contributed by atoms with E-state index in [1.165, 1.54) is 18.4 Å². The number of aromatic nitrogens is 1. The van der Waals surface area contributed by atoms with Crippen molar-refractivity contribution in [1.29, 1.82) is 0 Å². The van der Waals surface area contributed by atoms with Crippen molar-refractivity contribution in [2.24, 2.45) is 5.73 Å². The highest BCUT2D eigenvalue weighted by Crippen LogP contribution is 2.25. The van der Waals surface area contributed by atoms with E-state index in [9.17, 15) is 0 Å². The van der Waals surface area contributed by atoms with Gasteiger partial charge in [0.2, 0.25) is 0 Å². The van der Waals surface area contributed by atoms with Crippen LogP contribution in [0.5, 0.6) is 0 Å². The minimum atomic E-state index is 0.131. The molecule has 1 fully saturated rings. The van der Waals surface area contributed by atoms with E-state index in [0.717, 1.165) is 26.0 Å². The standard InChI is InChI=1S/C16H27N3O/c1-3-15(17)16(13-7-9-18-10-8-13)19(2)12-14-6-4-5-11-20-14/h7-10,14-16H,3-6,11-12,17H2,1-2H3. The van der Waals surface area contributed by atoms with Crippen LogP contribution in [0.15, 0.2) is 24.5 Å². The molecule has 0 saturated carbocycles. The van der Waals surface area contributed by atoms with E-state index in [4.69, 9.17) is 10.5 Å². The number of pyridine rings is 1. The summed E-state index contributed by atoms with van der Waals surface area (Å²) >= 11 is 0. The summed E-state index contributed by atoms with van der Waals surface area (Å²) in [5.74, 6) is 0. The fourth-order valence-corrected chi connectivity index (χ4v) is 3.00. The molecular weight excluding hydrogens is 250 g/mol. The number of ether oxygens (including phenoxy) is 1. The van der Waals surface area contributed by atoms with Crippen molar-refractivity contribution >= 4 is 0 Å². The maximum Gasteiger partial charge on any atom is 0.0702 e. The third kappa shape index (κ3) is 4.01. The zero-order chi connectivity index (χ0) is 14.4. The lowest BCUT2D eigenvalue weighted by atomic mass is 9.97. The Morgan fingerprint density at radius 1 is 1.40 bits per heavy atom. The minimum Gasteiger partial charge on any atom is -0.377 e. The normalized spacial score (nSPS) is 22.7. The summed E-state index contributed by atoms with van der Waals surface area (Å²) in [6, 6.07) is 4.50. The van der Waals surface area contributed by atoms with E-state index in [0.29, 0.717) is 6.10 Å². The maximum atomic E-state index is 6.35. The Labute approximate surface area is 122 Å². The molecule has 1 saturated heterocycles. The second-order valence-corrected chi connectivity index (χ2v) is 5.73. The molecule has 2 N–H and O–H groups in total. The third-order valence-corrected chi connectivity index (χ3v) is 4.17. The van der Waals surface area contributed by atoms with Crippen molar-refractivity contribution in [3.05, 3.63) is 30.1 Å². The molecule has 20 heavy (non-hydrogen) atoms. The molecule has 1 aliphatic rings. The van der Waals surface area contributed by atoms with Crippen LogP contribution in [-0.4, -0.2) is 42.2 Å². The average Bonchev–Trinajstić information content (AvgIpc) is 2.49. The Hall–Kier alpha value is -0.970. The van der Waals surface area contributed by atoms with Gasteiger partial charge in [0, 0.05) is 37.6 Å². The molecule has 0 spiro atoms. The van der Waals surface area contributed by atoms with Crippen LogP contribution in [0.2, 0.25) is 0 Å². The summed E-state index contributed by atoms with van der Waals surface area (Å²) in [5, 5.41) is 0. The van der Waals surface area contributed by atoms with Crippen molar-refractivity contribution in [2.45, 2.75) is 50.8 Å². The largest absolute Gasteiger partial charge is 0.377 e. The van der Waals surface area contributed by atoms with Gasteiger partial charge in [-0.15, -0.1) is 0 Å². The first-order chi connectivity index (χ1) is 9.72. The van der Waals surface area contributed by atoms with E-state index in [1.807, 2.05) is 12.4 Å². The minimum absolute atomic E-state index is 0.131. The predicted molar refractivity (Wildman–Crippen MR) is 81.5 cm³/mol. The van der Waals surface area contributed by atoms with Gasteiger partial charge in [-0.1, -0.05) is 6.92 Å². The highest BCUT2D eigenvalue weighted by Gasteiger charge is 2.26. The van der Waals surface area contributed by atoms with Gasteiger partial charge in [0.25, 0.3) is 0 Å². The van der Waals surface area contributed by atoms with Crippen molar-refractivity contribution < 1.29 is 4.74 Å². The SMILES string of the molecule is CCC(N)C(c1ccncc1)N(C)CC1CCCCO1. The molecule has 1 aromatic rings. The molecule has 1 aliphatic heterocycles. The van der Waals surface area contributed by atoms with Crippen molar-refractivity contribution in [1.82, 2.24) is 9.88 Å². The zero-order valence-corrected chi connectivity index (χ0v) is 12.7. The third-order valence-electron chi connectivity index (χ3n) is 4.17. The molecule has 4 heteroatoms. The Balaban J connectivity index is 2.05. The van der Waals surface area contributed by atoms with Crippen LogP contribution < -0.4 is 5.73 Å². The number of likely N-dealkylation sites (N-methyl/N-ethyl adjacent to an activating group) is 1. The van der Waals surface area contributed by atoms with Gasteiger partial charge in [0.1, 0.15) is 0 Å². The van der Waals surface area contributed by atoms with E-state index < -0.39 is 0 Å². The van der Waals surface area contributed by atoms with Crippen molar-refractivity contribution in [2.75, 3.05) is 20.2 Å². The molecule has 0 aliphatic carbocycles. The smallest absolute Gasteiger partial charge is 0.0702 e. The monoisotopic (exact) mass is 277 g/mol. The van der Waals surface area contributed by atoms with Gasteiger partial charge in [-0.3, -0.25) is 9.88 Å². The molecule has 0 aromatic carbocycles. The van der Waals surface area contributed by atoms with E-state index in [-0.39, 0.29) is 12.1 Å². The number of hydrogen-bond donors (Lipinski definition) is 1. The topological polar surface area (TPSA) is 51.4 Å². The molecule has 0 radical (unpaired) electrons. The molecule has 2 heterocycles. The molecule has 0 amide bonds. The molecule has 1 aromatic heterocycles. The second-order valence-electron chi connectivity index (χ2n) is 5.73. The van der Waals surface area contributed by atoms with Crippen molar-refractivity contribution in [3.8, 4) is 0 Å². The van der Waals surface area contributed by atoms with Gasteiger partial charge in [0.05, 0.1) is 6.10 Å². The first-order valence-corrected chi connectivity index (χ1v) is 7.69. The molecule has 3 unspecified atom stereocenters. The summed E-state index contributed by atoms with van der Waals surface area (Å²) in [5.41, 5.74) is 7.60. The Morgan fingerprint density at radius 3 is 2.75 bits per heavy atom. The fourth-order valence-electron chi connectivity index (χ4n) is 3.00. The van der Waals surface area contributed by atoms with Crippen LogP contribution in [0, 0.1) is 0 Å². The van der Waals surface area contributed by atoms with Gasteiger partial charge in [-0.05, 0) is 50.4 Å². The van der Waals surface area contributed by atoms with Crippen LogP contribution in [0.3, 0.4) is 0 Å². The maximum absolute atomic E-state index is 6.35. The fraction of sp³-hybridized carbons (Fsp3) is 0.688. The number of hydrogen-bond acceptors (Lipinski definition) is 4. The predicted octanol–water partition coefficient (Wildman–Crippen LogP) is 2.36. The van der Waals surface area contributed by atoms with Crippen molar-refractivity contribution in [3.63, 3.8) is 0 Å². The molecule has 4 nitrogen and oxygen atoms in total. The van der Waals surface area contributed by atoms with E-state index in [1.54, 1.807) is 0 Å². The Bertz CT molecular complexity index is 379. The first kappa shape index (κ1) is 15.4. The molecule has 0 bridgehead atoms. The highest BCUT2D eigenvalue weighted by atomic mass is 16.5. The number of rotatable bonds is 6. The summed E-state index contributed by atoms with van der Waals surface area (Å²) in [4.78, 5) is 6.45.